The van der Waals surface area contributed by atoms with Crippen LogP contribution in [0.25, 0.3) is 0 Å². The highest BCUT2D eigenvalue weighted by molar-refractivity contribution is 7.92. The van der Waals surface area contributed by atoms with Crippen molar-refractivity contribution >= 4 is 27.4 Å². The molecule has 0 unspecified atom stereocenters. The molecule has 0 aromatic heterocycles. The van der Waals surface area contributed by atoms with Gasteiger partial charge in [-0.2, -0.15) is 0 Å². The van der Waals surface area contributed by atoms with Crippen LogP contribution in [0.2, 0.25) is 0 Å². The summed E-state index contributed by atoms with van der Waals surface area (Å²) in [7, 11) is -2.28. The topological polar surface area (TPSA) is 116 Å². The summed E-state index contributed by atoms with van der Waals surface area (Å²) >= 11 is 0. The zero-order valence-electron chi connectivity index (χ0n) is 21.5. The molecule has 1 aliphatic carbocycles. The number of nitrogens with one attached hydrogen (secondary N) is 2. The van der Waals surface area contributed by atoms with E-state index in [1.165, 1.54) is 25.2 Å². The molecule has 0 radical (unpaired) electrons. The molecule has 1 fully saturated rings. The fourth-order valence-corrected chi connectivity index (χ4v) is 4.61. The molecule has 38 heavy (non-hydrogen) atoms. The first-order valence-electron chi connectivity index (χ1n) is 12.6. The number of amides is 1. The molecule has 8 nitrogen and oxygen atoms in total. The Bertz CT molecular complexity index is 1380. The minimum Gasteiger partial charge on any atom is -0.390 e. The number of carbonyl (C=O) groups is 2. The predicted molar refractivity (Wildman–Crippen MR) is 148 cm³/mol. The fourth-order valence-electron chi connectivity index (χ4n) is 4.12. The highest BCUT2D eigenvalue weighted by Crippen LogP contribution is 2.23. The standard InChI is InChI=1S/C29H33N3O5S/c1-32(38(2,36)37)25-17-22(28(34)21-11-7-4-8-12-21)16-23(18-25)29(35)31-26(15-20-9-5-3-6-10-20)27(33)19-30-24-13-14-24/h3-12,16-18,24,26-27,30,33H,13-15,19H2,1-2H3,(H,31,35)/t26-,27+/m0/s1. The summed E-state index contributed by atoms with van der Waals surface area (Å²) < 4.78 is 25.6. The largest absolute Gasteiger partial charge is 0.390 e. The Morgan fingerprint density at radius 3 is 2.16 bits per heavy atom. The van der Waals surface area contributed by atoms with Gasteiger partial charge in [0.05, 0.1) is 24.1 Å². The summed E-state index contributed by atoms with van der Waals surface area (Å²) in [5, 5.41) is 17.2. The number of anilines is 1. The quantitative estimate of drug-likeness (QED) is 0.307. The molecule has 0 aliphatic heterocycles. The summed E-state index contributed by atoms with van der Waals surface area (Å²) in [6.45, 7) is 0.330. The second-order valence-electron chi connectivity index (χ2n) is 9.71. The van der Waals surface area contributed by atoms with Crippen LogP contribution in [0.15, 0.2) is 78.9 Å². The summed E-state index contributed by atoms with van der Waals surface area (Å²) in [6.07, 6.45) is 2.74. The molecule has 3 aromatic rings. The monoisotopic (exact) mass is 535 g/mol. The lowest BCUT2D eigenvalue weighted by atomic mass is 9.98. The van der Waals surface area contributed by atoms with Crippen molar-refractivity contribution in [3.63, 3.8) is 0 Å². The average Bonchev–Trinajstić information content (AvgIpc) is 3.75. The van der Waals surface area contributed by atoms with Gasteiger partial charge in [-0.05, 0) is 43.0 Å². The van der Waals surface area contributed by atoms with Gasteiger partial charge in [0.1, 0.15) is 0 Å². The van der Waals surface area contributed by atoms with Gasteiger partial charge in [-0.25, -0.2) is 8.42 Å². The van der Waals surface area contributed by atoms with E-state index in [-0.39, 0.29) is 22.6 Å². The Labute approximate surface area is 223 Å². The second-order valence-corrected chi connectivity index (χ2v) is 11.7. The minimum atomic E-state index is -3.65. The molecule has 1 aliphatic rings. The normalized spacial score (nSPS) is 14.9. The molecular weight excluding hydrogens is 502 g/mol. The lowest BCUT2D eigenvalue weighted by Crippen LogP contribution is -2.49. The molecule has 3 N–H and O–H groups in total. The third-order valence-electron chi connectivity index (χ3n) is 6.61. The number of aliphatic hydroxyl groups is 1. The molecule has 0 heterocycles. The number of benzene rings is 3. The molecule has 1 saturated carbocycles. The van der Waals surface area contributed by atoms with E-state index in [0.717, 1.165) is 29.0 Å². The number of hydrogen-bond donors (Lipinski definition) is 3. The summed E-state index contributed by atoms with van der Waals surface area (Å²) in [5.41, 5.74) is 1.87. The van der Waals surface area contributed by atoms with E-state index in [1.54, 1.807) is 30.3 Å². The molecule has 2 atom stereocenters. The van der Waals surface area contributed by atoms with Gasteiger partial charge in [0, 0.05) is 36.3 Å². The Morgan fingerprint density at radius 2 is 1.55 bits per heavy atom. The van der Waals surface area contributed by atoms with Gasteiger partial charge in [-0.3, -0.25) is 13.9 Å². The lowest BCUT2D eigenvalue weighted by Gasteiger charge is -2.25. The first kappa shape index (κ1) is 27.5. The van der Waals surface area contributed by atoms with Gasteiger partial charge in [0.25, 0.3) is 5.91 Å². The zero-order valence-corrected chi connectivity index (χ0v) is 22.3. The van der Waals surface area contributed by atoms with E-state index >= 15 is 0 Å². The number of carbonyl (C=O) groups excluding carboxylic acids is 2. The van der Waals surface area contributed by atoms with E-state index in [4.69, 9.17) is 0 Å². The third kappa shape index (κ3) is 7.28. The number of nitrogens with zero attached hydrogens (tertiary/aromatic N) is 1. The molecule has 0 bridgehead atoms. The van der Waals surface area contributed by atoms with Crippen molar-refractivity contribution in [3.8, 4) is 0 Å². The van der Waals surface area contributed by atoms with Crippen molar-refractivity contribution in [2.24, 2.45) is 0 Å². The molecule has 200 valence electrons. The minimum absolute atomic E-state index is 0.123. The van der Waals surface area contributed by atoms with Crippen LogP contribution in [0.5, 0.6) is 0 Å². The molecule has 0 saturated heterocycles. The zero-order chi connectivity index (χ0) is 27.3. The third-order valence-corrected chi connectivity index (χ3v) is 7.82. The van der Waals surface area contributed by atoms with Gasteiger partial charge >= 0.3 is 0 Å². The molecule has 9 heteroatoms. The highest BCUT2D eigenvalue weighted by Gasteiger charge is 2.27. The van der Waals surface area contributed by atoms with Crippen molar-refractivity contribution < 1.29 is 23.1 Å². The first-order chi connectivity index (χ1) is 18.1. The van der Waals surface area contributed by atoms with Gasteiger partial charge in [-0.15, -0.1) is 0 Å². The SMILES string of the molecule is CN(c1cc(C(=O)N[C@@H](Cc2ccccc2)[C@H](O)CNC2CC2)cc(C(=O)c2ccccc2)c1)S(C)(=O)=O. The van der Waals surface area contributed by atoms with Crippen molar-refractivity contribution in [1.82, 2.24) is 10.6 Å². The fraction of sp³-hybridized carbons (Fsp3) is 0.310. The van der Waals surface area contributed by atoms with E-state index in [0.29, 0.717) is 24.6 Å². The number of sulfonamides is 1. The first-order valence-corrected chi connectivity index (χ1v) is 14.4. The van der Waals surface area contributed by atoms with E-state index in [2.05, 4.69) is 10.6 Å². The van der Waals surface area contributed by atoms with Crippen LogP contribution in [0.3, 0.4) is 0 Å². The second kappa shape index (κ2) is 11.9. The van der Waals surface area contributed by atoms with Crippen LogP contribution >= 0.6 is 0 Å². The molecule has 4 rings (SSSR count). The maximum absolute atomic E-state index is 13.5. The Balaban J connectivity index is 1.65. The highest BCUT2D eigenvalue weighted by atomic mass is 32.2. The number of hydrogen-bond acceptors (Lipinski definition) is 6. The molecule has 3 aromatic carbocycles. The Hall–Kier alpha value is -3.53. The maximum Gasteiger partial charge on any atom is 0.251 e. The smallest absolute Gasteiger partial charge is 0.251 e. The summed E-state index contributed by atoms with van der Waals surface area (Å²) in [6, 6.07) is 22.3. The van der Waals surface area contributed by atoms with Crippen LogP contribution < -0.4 is 14.9 Å². The lowest BCUT2D eigenvalue weighted by molar-refractivity contribution is 0.0830. The van der Waals surface area contributed by atoms with Gasteiger partial charge in [0.15, 0.2) is 5.78 Å². The van der Waals surface area contributed by atoms with Crippen molar-refractivity contribution in [2.75, 3.05) is 24.2 Å². The van der Waals surface area contributed by atoms with Crippen LogP contribution in [0.4, 0.5) is 5.69 Å². The van der Waals surface area contributed by atoms with Crippen molar-refractivity contribution in [3.05, 3.63) is 101 Å². The van der Waals surface area contributed by atoms with Gasteiger partial charge < -0.3 is 15.7 Å². The molecule has 0 spiro atoms. The predicted octanol–water partition coefficient (Wildman–Crippen LogP) is 2.77. The van der Waals surface area contributed by atoms with Gasteiger partial charge in [-0.1, -0.05) is 60.7 Å². The van der Waals surface area contributed by atoms with Crippen LogP contribution in [0, 0.1) is 0 Å². The summed E-state index contributed by atoms with van der Waals surface area (Å²) in [4.78, 5) is 26.7. The molecule has 1 amide bonds. The van der Waals surface area contributed by atoms with Gasteiger partial charge in [0.2, 0.25) is 10.0 Å². The number of ketones is 1. The number of rotatable bonds is 12. The Morgan fingerprint density at radius 1 is 0.947 bits per heavy atom. The molecular formula is C29H33N3O5S. The van der Waals surface area contributed by atoms with Crippen LogP contribution in [0.1, 0.15) is 44.7 Å². The van der Waals surface area contributed by atoms with Crippen LogP contribution in [-0.4, -0.2) is 63.3 Å². The van der Waals surface area contributed by atoms with E-state index in [9.17, 15) is 23.1 Å². The summed E-state index contributed by atoms with van der Waals surface area (Å²) in [5.74, 6) is -0.847. The van der Waals surface area contributed by atoms with E-state index in [1.807, 2.05) is 30.3 Å². The maximum atomic E-state index is 13.5. The Kier molecular flexibility index (Phi) is 8.61. The van der Waals surface area contributed by atoms with Crippen molar-refractivity contribution in [2.45, 2.75) is 37.5 Å². The van der Waals surface area contributed by atoms with Crippen molar-refractivity contribution in [1.29, 1.82) is 0 Å². The van der Waals surface area contributed by atoms with E-state index < -0.39 is 28.1 Å². The average molecular weight is 536 g/mol. The number of aliphatic hydroxyl groups excluding tert-OH is 1. The van der Waals surface area contributed by atoms with Crippen LogP contribution in [-0.2, 0) is 16.4 Å².